The number of rotatable bonds is 8. The van der Waals surface area contributed by atoms with Crippen molar-refractivity contribution >= 4 is 17.3 Å². The van der Waals surface area contributed by atoms with Crippen molar-refractivity contribution in [1.82, 2.24) is 0 Å². The molecule has 4 heteroatoms. The maximum atomic E-state index is 12.1. The minimum Gasteiger partial charge on any atom is -0.489 e. The third-order valence-electron chi connectivity index (χ3n) is 4.20. The molecule has 0 radical (unpaired) electrons. The van der Waals surface area contributed by atoms with Gasteiger partial charge < -0.3 is 15.4 Å². The van der Waals surface area contributed by atoms with E-state index in [9.17, 15) is 4.79 Å². The summed E-state index contributed by atoms with van der Waals surface area (Å²) in [5.74, 6) is 0.757. The number of para-hydroxylation sites is 1. The molecule has 0 atom stereocenters. The highest BCUT2D eigenvalue weighted by molar-refractivity contribution is 5.91. The summed E-state index contributed by atoms with van der Waals surface area (Å²) in [5, 5.41) is 6.20. The van der Waals surface area contributed by atoms with Crippen LogP contribution in [0.2, 0.25) is 0 Å². The topological polar surface area (TPSA) is 50.4 Å². The number of benzene rings is 3. The highest BCUT2D eigenvalue weighted by Crippen LogP contribution is 2.17. The molecule has 4 nitrogen and oxygen atoms in total. The fourth-order valence-electron chi connectivity index (χ4n) is 2.68. The van der Waals surface area contributed by atoms with Gasteiger partial charge in [0.05, 0.1) is 0 Å². The minimum absolute atomic E-state index is 0.0194. The van der Waals surface area contributed by atoms with Gasteiger partial charge in [-0.05, 0) is 48.4 Å². The van der Waals surface area contributed by atoms with E-state index in [1.807, 2.05) is 85.8 Å². The van der Waals surface area contributed by atoms with Gasteiger partial charge in [-0.25, -0.2) is 0 Å². The highest BCUT2D eigenvalue weighted by atomic mass is 16.5. The Kier molecular flexibility index (Phi) is 6.47. The van der Waals surface area contributed by atoms with E-state index in [1.165, 1.54) is 5.56 Å². The molecule has 0 aliphatic rings. The lowest BCUT2D eigenvalue weighted by molar-refractivity contribution is -0.115. The summed E-state index contributed by atoms with van der Waals surface area (Å²) in [6.07, 6.45) is 0.403. The predicted molar refractivity (Wildman–Crippen MR) is 110 cm³/mol. The van der Waals surface area contributed by atoms with E-state index in [2.05, 4.69) is 10.6 Å². The van der Waals surface area contributed by atoms with Gasteiger partial charge in [-0.2, -0.15) is 0 Å². The first kappa shape index (κ1) is 18.5. The Hall–Kier alpha value is -3.27. The molecule has 138 valence electrons. The number of aryl methyl sites for hydroxylation is 1. The number of ether oxygens (including phenoxy) is 1. The normalized spacial score (nSPS) is 10.3. The zero-order valence-electron chi connectivity index (χ0n) is 15.4. The first-order valence-electron chi connectivity index (χ1n) is 9.07. The minimum atomic E-state index is -0.0194. The van der Waals surface area contributed by atoms with E-state index in [0.29, 0.717) is 19.6 Å². The maximum Gasteiger partial charge on any atom is 0.226 e. The van der Waals surface area contributed by atoms with E-state index >= 15 is 0 Å². The van der Waals surface area contributed by atoms with Crippen LogP contribution in [0.15, 0.2) is 78.9 Å². The van der Waals surface area contributed by atoms with Crippen LogP contribution in [-0.4, -0.2) is 12.5 Å². The zero-order chi connectivity index (χ0) is 18.9. The van der Waals surface area contributed by atoms with Crippen LogP contribution in [0, 0.1) is 6.92 Å². The molecule has 0 saturated heterocycles. The highest BCUT2D eigenvalue weighted by Gasteiger charge is 2.04. The standard InChI is InChI=1S/C23H24N2O2/c1-18-7-5-6-10-22(18)24-16-15-23(26)25-20-11-13-21(14-12-20)27-17-19-8-3-2-4-9-19/h2-14,24H,15-17H2,1H3,(H,25,26). The summed E-state index contributed by atoms with van der Waals surface area (Å²) in [4.78, 5) is 12.1. The van der Waals surface area contributed by atoms with Crippen LogP contribution in [0.1, 0.15) is 17.5 Å². The van der Waals surface area contributed by atoms with Crippen LogP contribution in [0.5, 0.6) is 5.75 Å². The number of hydrogen-bond acceptors (Lipinski definition) is 3. The molecule has 0 unspecified atom stereocenters. The molecule has 0 heterocycles. The lowest BCUT2D eigenvalue weighted by atomic mass is 10.2. The number of hydrogen-bond donors (Lipinski definition) is 2. The molecular weight excluding hydrogens is 336 g/mol. The van der Waals surface area contributed by atoms with E-state index in [-0.39, 0.29) is 5.91 Å². The van der Waals surface area contributed by atoms with Gasteiger partial charge >= 0.3 is 0 Å². The molecule has 3 aromatic carbocycles. The van der Waals surface area contributed by atoms with Crippen LogP contribution in [0.4, 0.5) is 11.4 Å². The number of carbonyl (C=O) groups excluding carboxylic acids is 1. The molecular formula is C23H24N2O2. The number of nitrogens with one attached hydrogen (secondary N) is 2. The summed E-state index contributed by atoms with van der Waals surface area (Å²) in [6, 6.07) is 25.5. The molecule has 0 spiro atoms. The van der Waals surface area contributed by atoms with Crippen LogP contribution < -0.4 is 15.4 Å². The van der Waals surface area contributed by atoms with Gasteiger partial charge in [0.1, 0.15) is 12.4 Å². The second-order valence-corrected chi connectivity index (χ2v) is 6.34. The average Bonchev–Trinajstić information content (AvgIpc) is 2.70. The molecule has 0 aliphatic heterocycles. The van der Waals surface area contributed by atoms with Gasteiger partial charge in [0.25, 0.3) is 0 Å². The Balaban J connectivity index is 1.42. The second kappa shape index (κ2) is 9.43. The van der Waals surface area contributed by atoms with E-state index < -0.39 is 0 Å². The van der Waals surface area contributed by atoms with Crippen molar-refractivity contribution in [3.8, 4) is 5.75 Å². The molecule has 27 heavy (non-hydrogen) atoms. The molecule has 0 fully saturated rings. The summed E-state index contributed by atoms with van der Waals surface area (Å²) in [5.41, 5.74) is 4.12. The fourth-order valence-corrected chi connectivity index (χ4v) is 2.68. The van der Waals surface area contributed by atoms with Gasteiger partial charge in [-0.15, -0.1) is 0 Å². The Bertz CT molecular complexity index is 861. The zero-order valence-corrected chi connectivity index (χ0v) is 15.4. The van der Waals surface area contributed by atoms with Crippen molar-refractivity contribution in [2.75, 3.05) is 17.2 Å². The average molecular weight is 360 g/mol. The number of anilines is 2. The maximum absolute atomic E-state index is 12.1. The van der Waals surface area contributed by atoms with Gasteiger partial charge in [0, 0.05) is 24.3 Å². The quantitative estimate of drug-likeness (QED) is 0.593. The lowest BCUT2D eigenvalue weighted by Crippen LogP contribution is -2.16. The summed E-state index contributed by atoms with van der Waals surface area (Å²) >= 11 is 0. The molecule has 1 amide bonds. The van der Waals surface area contributed by atoms with Crippen LogP contribution in [-0.2, 0) is 11.4 Å². The van der Waals surface area contributed by atoms with Gasteiger partial charge in [0.15, 0.2) is 0 Å². The number of amides is 1. The molecule has 0 bridgehead atoms. The van der Waals surface area contributed by atoms with Gasteiger partial charge in [-0.3, -0.25) is 4.79 Å². The van der Waals surface area contributed by atoms with Crippen molar-refractivity contribution in [2.45, 2.75) is 20.0 Å². The second-order valence-electron chi connectivity index (χ2n) is 6.34. The number of carbonyl (C=O) groups is 1. The molecule has 0 aromatic heterocycles. The van der Waals surface area contributed by atoms with Crippen LogP contribution in [0.25, 0.3) is 0 Å². The Morgan fingerprint density at radius 2 is 1.59 bits per heavy atom. The Morgan fingerprint density at radius 1 is 0.889 bits per heavy atom. The van der Waals surface area contributed by atoms with E-state index in [4.69, 9.17) is 4.74 Å². The van der Waals surface area contributed by atoms with Crippen molar-refractivity contribution in [1.29, 1.82) is 0 Å². The van der Waals surface area contributed by atoms with Crippen molar-refractivity contribution in [2.24, 2.45) is 0 Å². The molecule has 3 aromatic rings. The third-order valence-corrected chi connectivity index (χ3v) is 4.20. The van der Waals surface area contributed by atoms with Crippen molar-refractivity contribution in [3.05, 3.63) is 90.0 Å². The molecule has 3 rings (SSSR count). The van der Waals surface area contributed by atoms with Crippen molar-refractivity contribution in [3.63, 3.8) is 0 Å². The first-order chi connectivity index (χ1) is 13.2. The molecule has 2 N–H and O–H groups in total. The largest absolute Gasteiger partial charge is 0.489 e. The van der Waals surface area contributed by atoms with E-state index in [1.54, 1.807) is 0 Å². The summed E-state index contributed by atoms with van der Waals surface area (Å²) in [7, 11) is 0. The monoisotopic (exact) mass is 360 g/mol. The SMILES string of the molecule is Cc1ccccc1NCCC(=O)Nc1ccc(OCc2ccccc2)cc1. The third kappa shape index (κ3) is 5.89. The van der Waals surface area contributed by atoms with Crippen LogP contribution >= 0.6 is 0 Å². The predicted octanol–water partition coefficient (Wildman–Crippen LogP) is 5.01. The fraction of sp³-hybridized carbons (Fsp3) is 0.174. The summed E-state index contributed by atoms with van der Waals surface area (Å²) < 4.78 is 5.75. The Labute approximate surface area is 160 Å². The van der Waals surface area contributed by atoms with E-state index in [0.717, 1.165) is 22.7 Å². The Morgan fingerprint density at radius 3 is 2.33 bits per heavy atom. The smallest absolute Gasteiger partial charge is 0.226 e. The van der Waals surface area contributed by atoms with Crippen LogP contribution in [0.3, 0.4) is 0 Å². The van der Waals surface area contributed by atoms with Gasteiger partial charge in [0.2, 0.25) is 5.91 Å². The van der Waals surface area contributed by atoms with Crippen molar-refractivity contribution < 1.29 is 9.53 Å². The first-order valence-corrected chi connectivity index (χ1v) is 9.07. The molecule has 0 saturated carbocycles. The molecule has 0 aliphatic carbocycles. The summed E-state index contributed by atoms with van der Waals surface area (Å²) in [6.45, 7) is 3.16. The van der Waals surface area contributed by atoms with Gasteiger partial charge in [-0.1, -0.05) is 48.5 Å². The lowest BCUT2D eigenvalue weighted by Gasteiger charge is -2.10.